The van der Waals surface area contributed by atoms with Gasteiger partial charge in [-0.1, -0.05) is 83.3 Å². The molecule has 0 rings (SSSR count). The van der Waals surface area contributed by atoms with Gasteiger partial charge in [0.25, 0.3) is 0 Å². The molecule has 0 saturated heterocycles. The monoisotopic (exact) mass is 368 g/mol. The highest BCUT2D eigenvalue weighted by atomic mass is 16.4. The Bertz CT molecular complexity index is 376. The molecule has 0 bridgehead atoms. The van der Waals surface area contributed by atoms with Gasteiger partial charge in [0, 0.05) is 0 Å². The first-order chi connectivity index (χ1) is 12.6. The fourth-order valence-electron chi connectivity index (χ4n) is 3.16. The number of hydrogen-bond donors (Lipinski definition) is 2. The van der Waals surface area contributed by atoms with Gasteiger partial charge in [0.15, 0.2) is 0 Å². The van der Waals surface area contributed by atoms with Gasteiger partial charge in [-0.2, -0.15) is 0 Å². The maximum Gasteiger partial charge on any atom is 0.307 e. The lowest BCUT2D eigenvalue weighted by Crippen LogP contribution is -2.17. The molecule has 0 amide bonds. The van der Waals surface area contributed by atoms with Gasteiger partial charge in [-0.25, -0.2) is 0 Å². The van der Waals surface area contributed by atoms with E-state index in [0.717, 1.165) is 19.3 Å². The van der Waals surface area contributed by atoms with Crippen LogP contribution in [0.5, 0.6) is 0 Å². The predicted molar refractivity (Wildman–Crippen MR) is 107 cm³/mol. The second kappa shape index (κ2) is 18.5. The fraction of sp³-hybridized carbons (Fsp3) is 0.818. The zero-order valence-electron chi connectivity index (χ0n) is 16.8. The molecule has 4 nitrogen and oxygen atoms in total. The summed E-state index contributed by atoms with van der Waals surface area (Å²) in [6.45, 7) is 2.24. The van der Waals surface area contributed by atoms with Crippen molar-refractivity contribution in [2.45, 2.75) is 110 Å². The number of carboxylic acids is 2. The van der Waals surface area contributed by atoms with E-state index in [9.17, 15) is 9.59 Å². The number of allylic oxidation sites excluding steroid dienone is 2. The lowest BCUT2D eigenvalue weighted by atomic mass is 9.97. The maximum atomic E-state index is 11.0. The summed E-state index contributed by atoms with van der Waals surface area (Å²) in [5, 5.41) is 17.7. The number of unbranched alkanes of at least 4 members (excludes halogenated alkanes) is 12. The first-order valence-electron chi connectivity index (χ1n) is 10.7. The number of rotatable bonds is 19. The summed E-state index contributed by atoms with van der Waals surface area (Å²) in [6.07, 6.45) is 21.9. The van der Waals surface area contributed by atoms with E-state index in [4.69, 9.17) is 10.2 Å². The third-order valence-electron chi connectivity index (χ3n) is 4.83. The molecule has 0 aliphatic carbocycles. The lowest BCUT2D eigenvalue weighted by Gasteiger charge is -2.09. The van der Waals surface area contributed by atoms with Crippen LogP contribution in [0.25, 0.3) is 0 Å². The van der Waals surface area contributed by atoms with E-state index in [1.807, 2.05) is 0 Å². The molecule has 0 spiro atoms. The SMILES string of the molecule is CCCCCC=CCCCCCCCCCCCC(CC(=O)O)C(=O)O. The molecule has 0 heterocycles. The topological polar surface area (TPSA) is 74.6 Å². The molecule has 0 aliphatic rings. The smallest absolute Gasteiger partial charge is 0.307 e. The molecular formula is C22H40O4. The molecule has 0 aromatic carbocycles. The van der Waals surface area contributed by atoms with Crippen LogP contribution in [0, 0.1) is 5.92 Å². The van der Waals surface area contributed by atoms with E-state index in [-0.39, 0.29) is 6.42 Å². The summed E-state index contributed by atoms with van der Waals surface area (Å²) in [7, 11) is 0. The molecule has 0 saturated carbocycles. The Labute approximate surface area is 160 Å². The highest BCUT2D eigenvalue weighted by Crippen LogP contribution is 2.16. The van der Waals surface area contributed by atoms with E-state index in [1.54, 1.807) is 0 Å². The first-order valence-corrected chi connectivity index (χ1v) is 10.7. The van der Waals surface area contributed by atoms with Crippen LogP contribution in [0.4, 0.5) is 0 Å². The van der Waals surface area contributed by atoms with E-state index in [0.29, 0.717) is 6.42 Å². The van der Waals surface area contributed by atoms with E-state index in [2.05, 4.69) is 19.1 Å². The summed E-state index contributed by atoms with van der Waals surface area (Å²) in [5.74, 6) is -2.74. The highest BCUT2D eigenvalue weighted by Gasteiger charge is 2.20. The molecule has 0 aromatic heterocycles. The Hall–Kier alpha value is -1.32. The number of hydrogen-bond acceptors (Lipinski definition) is 2. The predicted octanol–water partition coefficient (Wildman–Crippen LogP) is 6.59. The largest absolute Gasteiger partial charge is 0.481 e. The molecular weight excluding hydrogens is 328 g/mol. The second-order valence-corrected chi connectivity index (χ2v) is 7.36. The van der Waals surface area contributed by atoms with Crippen molar-refractivity contribution in [1.82, 2.24) is 0 Å². The molecule has 152 valence electrons. The van der Waals surface area contributed by atoms with Crippen LogP contribution in [0.2, 0.25) is 0 Å². The molecule has 4 heteroatoms. The Kier molecular flexibility index (Phi) is 17.5. The normalized spacial score (nSPS) is 12.5. The van der Waals surface area contributed by atoms with Crippen LogP contribution in [0.15, 0.2) is 12.2 Å². The van der Waals surface area contributed by atoms with Gasteiger partial charge in [0.05, 0.1) is 12.3 Å². The molecule has 0 radical (unpaired) electrons. The van der Waals surface area contributed by atoms with Crippen LogP contribution >= 0.6 is 0 Å². The van der Waals surface area contributed by atoms with Crippen molar-refractivity contribution in [3.63, 3.8) is 0 Å². The summed E-state index contributed by atoms with van der Waals surface area (Å²) in [6, 6.07) is 0. The quantitative estimate of drug-likeness (QED) is 0.199. The third-order valence-corrected chi connectivity index (χ3v) is 4.83. The minimum absolute atomic E-state index is 0.261. The minimum atomic E-state index is -1.02. The summed E-state index contributed by atoms with van der Waals surface area (Å²) >= 11 is 0. The van der Waals surface area contributed by atoms with Gasteiger partial charge in [0.2, 0.25) is 0 Å². The van der Waals surface area contributed by atoms with Crippen LogP contribution in [-0.2, 0) is 9.59 Å². The molecule has 2 N–H and O–H groups in total. The summed E-state index contributed by atoms with van der Waals surface area (Å²) in [5.41, 5.74) is 0. The van der Waals surface area contributed by atoms with Crippen LogP contribution in [-0.4, -0.2) is 22.2 Å². The van der Waals surface area contributed by atoms with Crippen molar-refractivity contribution in [1.29, 1.82) is 0 Å². The van der Waals surface area contributed by atoms with Gasteiger partial charge in [-0.15, -0.1) is 0 Å². The number of aliphatic carboxylic acids is 2. The average Bonchev–Trinajstić information content (AvgIpc) is 2.59. The molecule has 0 aromatic rings. The van der Waals surface area contributed by atoms with Crippen molar-refractivity contribution >= 4 is 11.9 Å². The highest BCUT2D eigenvalue weighted by molar-refractivity contribution is 5.77. The van der Waals surface area contributed by atoms with Gasteiger partial charge < -0.3 is 10.2 Å². The average molecular weight is 369 g/mol. The molecule has 1 unspecified atom stereocenters. The van der Waals surface area contributed by atoms with Crippen molar-refractivity contribution in [3.8, 4) is 0 Å². The lowest BCUT2D eigenvalue weighted by molar-refractivity contribution is -0.148. The molecule has 1 atom stereocenters. The van der Waals surface area contributed by atoms with Crippen molar-refractivity contribution in [3.05, 3.63) is 12.2 Å². The van der Waals surface area contributed by atoms with Crippen LogP contribution < -0.4 is 0 Å². The van der Waals surface area contributed by atoms with E-state index < -0.39 is 17.9 Å². The summed E-state index contributed by atoms with van der Waals surface area (Å²) in [4.78, 5) is 21.6. The first kappa shape index (κ1) is 24.7. The Morgan fingerprint density at radius 3 is 1.65 bits per heavy atom. The minimum Gasteiger partial charge on any atom is -0.481 e. The molecule has 26 heavy (non-hydrogen) atoms. The van der Waals surface area contributed by atoms with Crippen molar-refractivity contribution in [2.24, 2.45) is 5.92 Å². The number of carbonyl (C=O) groups is 2. The maximum absolute atomic E-state index is 11.0. The van der Waals surface area contributed by atoms with Gasteiger partial charge >= 0.3 is 11.9 Å². The number of carboxylic acid groups (broad SMARTS) is 2. The third kappa shape index (κ3) is 17.5. The zero-order chi connectivity index (χ0) is 19.5. The summed E-state index contributed by atoms with van der Waals surface area (Å²) < 4.78 is 0. The van der Waals surface area contributed by atoms with Gasteiger partial charge in [0.1, 0.15) is 0 Å². The van der Waals surface area contributed by atoms with Crippen molar-refractivity contribution in [2.75, 3.05) is 0 Å². The second-order valence-electron chi connectivity index (χ2n) is 7.36. The van der Waals surface area contributed by atoms with Gasteiger partial charge in [-0.05, 0) is 32.1 Å². The van der Waals surface area contributed by atoms with Crippen LogP contribution in [0.1, 0.15) is 110 Å². The van der Waals surface area contributed by atoms with Crippen molar-refractivity contribution < 1.29 is 19.8 Å². The fourth-order valence-corrected chi connectivity index (χ4v) is 3.16. The Balaban J connectivity index is 3.33. The zero-order valence-corrected chi connectivity index (χ0v) is 16.8. The standard InChI is InChI=1S/C22H40O4/c1-2-3-4-5-6-7-8-9-10-11-12-13-14-15-16-17-18-20(22(25)26)19-21(23)24/h6-7,20H,2-5,8-19H2,1H3,(H,23,24)(H,25,26). The van der Waals surface area contributed by atoms with Crippen LogP contribution in [0.3, 0.4) is 0 Å². The Morgan fingerprint density at radius 1 is 0.731 bits per heavy atom. The molecule has 0 aliphatic heterocycles. The Morgan fingerprint density at radius 2 is 1.19 bits per heavy atom. The van der Waals surface area contributed by atoms with E-state index >= 15 is 0 Å². The molecule has 0 fully saturated rings. The van der Waals surface area contributed by atoms with Gasteiger partial charge in [-0.3, -0.25) is 9.59 Å². The van der Waals surface area contributed by atoms with E-state index in [1.165, 1.54) is 70.6 Å².